The molecular formula is C21H34F3N5O. The van der Waals surface area contributed by atoms with Crippen LogP contribution in [-0.4, -0.2) is 74.5 Å². The van der Waals surface area contributed by atoms with Crippen molar-refractivity contribution in [2.24, 2.45) is 4.99 Å². The number of nitrogens with one attached hydrogen (secondary N) is 2. The standard InChI is InChI=1S/C21H34F3N5O/c1-3-25-20(26-11-7-8-12-29-15-13-28(4-2)14-16-29)27-17-18-9-5-6-10-19(18)30-21(22,23)24/h5-6,9-10H,3-4,7-8,11-17H2,1-2H3,(H2,25,26,27). The van der Waals surface area contributed by atoms with Crippen molar-refractivity contribution in [3.8, 4) is 5.75 Å². The molecule has 0 radical (unpaired) electrons. The maximum Gasteiger partial charge on any atom is 0.573 e. The van der Waals surface area contributed by atoms with Gasteiger partial charge in [-0.1, -0.05) is 25.1 Å². The lowest BCUT2D eigenvalue weighted by Crippen LogP contribution is -2.46. The summed E-state index contributed by atoms with van der Waals surface area (Å²) in [5.41, 5.74) is 0.387. The predicted octanol–water partition coefficient (Wildman–Crippen LogP) is 3.06. The molecule has 1 aromatic carbocycles. The Kier molecular flexibility index (Phi) is 10.2. The Morgan fingerprint density at radius 2 is 1.73 bits per heavy atom. The zero-order valence-corrected chi connectivity index (χ0v) is 18.0. The van der Waals surface area contributed by atoms with E-state index in [0.29, 0.717) is 18.1 Å². The lowest BCUT2D eigenvalue weighted by molar-refractivity contribution is -0.274. The van der Waals surface area contributed by atoms with Crippen LogP contribution >= 0.6 is 0 Å². The smallest absolute Gasteiger partial charge is 0.405 e. The molecule has 2 N–H and O–H groups in total. The van der Waals surface area contributed by atoms with Gasteiger partial charge in [-0.15, -0.1) is 13.2 Å². The molecule has 1 heterocycles. The van der Waals surface area contributed by atoms with Crippen LogP contribution in [0.5, 0.6) is 5.75 Å². The lowest BCUT2D eigenvalue weighted by atomic mass is 10.2. The molecule has 30 heavy (non-hydrogen) atoms. The molecule has 170 valence electrons. The molecule has 0 saturated carbocycles. The summed E-state index contributed by atoms with van der Waals surface area (Å²) >= 11 is 0. The number of rotatable bonds is 10. The minimum absolute atomic E-state index is 0.100. The molecule has 6 nitrogen and oxygen atoms in total. The van der Waals surface area contributed by atoms with Crippen LogP contribution in [0.2, 0.25) is 0 Å². The number of para-hydroxylation sites is 1. The van der Waals surface area contributed by atoms with E-state index < -0.39 is 6.36 Å². The van der Waals surface area contributed by atoms with Crippen LogP contribution in [0.25, 0.3) is 0 Å². The first-order valence-corrected chi connectivity index (χ1v) is 10.7. The van der Waals surface area contributed by atoms with Crippen molar-refractivity contribution in [2.75, 3.05) is 52.4 Å². The highest BCUT2D eigenvalue weighted by Crippen LogP contribution is 2.26. The third-order valence-corrected chi connectivity index (χ3v) is 5.06. The topological polar surface area (TPSA) is 52.1 Å². The molecule has 0 bridgehead atoms. The first-order chi connectivity index (χ1) is 14.4. The monoisotopic (exact) mass is 429 g/mol. The van der Waals surface area contributed by atoms with Gasteiger partial charge in [-0.05, 0) is 38.9 Å². The number of unbranched alkanes of at least 4 members (excludes halogenated alkanes) is 1. The summed E-state index contributed by atoms with van der Waals surface area (Å²) in [6, 6.07) is 6.08. The Labute approximate surface area is 177 Å². The van der Waals surface area contributed by atoms with Crippen LogP contribution < -0.4 is 15.4 Å². The second kappa shape index (κ2) is 12.6. The third-order valence-electron chi connectivity index (χ3n) is 5.06. The van der Waals surface area contributed by atoms with Crippen LogP contribution in [0, 0.1) is 0 Å². The Hall–Kier alpha value is -2.00. The third kappa shape index (κ3) is 9.21. The number of hydrogen-bond donors (Lipinski definition) is 2. The molecular weight excluding hydrogens is 395 g/mol. The van der Waals surface area contributed by atoms with Gasteiger partial charge in [0.25, 0.3) is 0 Å². The second-order valence-corrected chi connectivity index (χ2v) is 7.26. The van der Waals surface area contributed by atoms with Crippen molar-refractivity contribution >= 4 is 5.96 Å². The van der Waals surface area contributed by atoms with Crippen LogP contribution in [0.3, 0.4) is 0 Å². The zero-order chi connectivity index (χ0) is 21.8. The van der Waals surface area contributed by atoms with E-state index in [2.05, 4.69) is 37.1 Å². The van der Waals surface area contributed by atoms with Crippen molar-refractivity contribution in [1.29, 1.82) is 0 Å². The van der Waals surface area contributed by atoms with Gasteiger partial charge in [-0.25, -0.2) is 4.99 Å². The van der Waals surface area contributed by atoms with Gasteiger partial charge in [0.15, 0.2) is 5.96 Å². The lowest BCUT2D eigenvalue weighted by Gasteiger charge is -2.34. The molecule has 2 rings (SSSR count). The van der Waals surface area contributed by atoms with Crippen molar-refractivity contribution in [1.82, 2.24) is 20.4 Å². The van der Waals surface area contributed by atoms with E-state index in [1.807, 2.05) is 6.92 Å². The van der Waals surface area contributed by atoms with Gasteiger partial charge < -0.3 is 25.2 Å². The summed E-state index contributed by atoms with van der Waals surface area (Å²) in [6.07, 6.45) is -2.61. The summed E-state index contributed by atoms with van der Waals surface area (Å²) in [5.74, 6) is 0.378. The molecule has 9 heteroatoms. The number of nitrogens with zero attached hydrogens (tertiary/aromatic N) is 3. The molecule has 1 saturated heterocycles. The number of halogens is 3. The van der Waals surface area contributed by atoms with Crippen LogP contribution in [0.15, 0.2) is 29.3 Å². The quantitative estimate of drug-likeness (QED) is 0.340. The van der Waals surface area contributed by atoms with Gasteiger partial charge in [0, 0.05) is 44.8 Å². The highest BCUT2D eigenvalue weighted by molar-refractivity contribution is 5.79. The Morgan fingerprint density at radius 3 is 2.40 bits per heavy atom. The fraction of sp³-hybridized carbons (Fsp3) is 0.667. The van der Waals surface area contributed by atoms with E-state index in [1.165, 1.54) is 12.1 Å². The molecule has 0 aliphatic carbocycles. The Bertz CT molecular complexity index is 646. The summed E-state index contributed by atoms with van der Waals surface area (Å²) in [5, 5.41) is 6.39. The molecule has 0 aromatic heterocycles. The Balaban J connectivity index is 1.76. The number of guanidine groups is 1. The molecule has 0 spiro atoms. The van der Waals surface area contributed by atoms with Crippen LogP contribution in [0.4, 0.5) is 13.2 Å². The average molecular weight is 430 g/mol. The number of likely N-dealkylation sites (N-methyl/N-ethyl adjacent to an activating group) is 1. The molecule has 0 atom stereocenters. The van der Waals surface area contributed by atoms with Crippen molar-refractivity contribution in [3.63, 3.8) is 0 Å². The normalized spacial score (nSPS) is 16.5. The molecule has 1 aliphatic heterocycles. The highest BCUT2D eigenvalue weighted by Gasteiger charge is 2.31. The average Bonchev–Trinajstić information content (AvgIpc) is 2.72. The molecule has 1 fully saturated rings. The first kappa shape index (κ1) is 24.3. The van der Waals surface area contributed by atoms with Gasteiger partial charge in [0.2, 0.25) is 0 Å². The predicted molar refractivity (Wildman–Crippen MR) is 114 cm³/mol. The van der Waals surface area contributed by atoms with Gasteiger partial charge in [-0.2, -0.15) is 0 Å². The minimum atomic E-state index is -4.72. The van der Waals surface area contributed by atoms with Crippen LogP contribution in [-0.2, 0) is 6.54 Å². The zero-order valence-electron chi connectivity index (χ0n) is 18.0. The number of aliphatic imine (C=N–C) groups is 1. The number of ether oxygens (including phenoxy) is 1. The SMILES string of the molecule is CCNC(=NCc1ccccc1OC(F)(F)F)NCCCCN1CCN(CC)CC1. The van der Waals surface area contributed by atoms with Gasteiger partial charge in [0.05, 0.1) is 6.54 Å². The van der Waals surface area contributed by atoms with Crippen molar-refractivity contribution < 1.29 is 17.9 Å². The van der Waals surface area contributed by atoms with E-state index in [1.54, 1.807) is 12.1 Å². The van der Waals surface area contributed by atoms with Crippen LogP contribution in [0.1, 0.15) is 32.3 Å². The number of hydrogen-bond acceptors (Lipinski definition) is 4. The molecule has 1 aliphatic rings. The maximum atomic E-state index is 12.6. The van der Waals surface area contributed by atoms with Gasteiger partial charge >= 0.3 is 6.36 Å². The van der Waals surface area contributed by atoms with E-state index >= 15 is 0 Å². The van der Waals surface area contributed by atoms with Gasteiger partial charge in [0.1, 0.15) is 5.75 Å². The largest absolute Gasteiger partial charge is 0.573 e. The van der Waals surface area contributed by atoms with E-state index in [-0.39, 0.29) is 12.3 Å². The minimum Gasteiger partial charge on any atom is -0.405 e. The van der Waals surface area contributed by atoms with E-state index in [0.717, 1.165) is 58.7 Å². The summed E-state index contributed by atoms with van der Waals surface area (Å²) in [7, 11) is 0. The molecule has 0 unspecified atom stereocenters. The number of alkyl halides is 3. The summed E-state index contributed by atoms with van der Waals surface area (Å²) < 4.78 is 41.8. The fourth-order valence-corrected chi connectivity index (χ4v) is 3.36. The van der Waals surface area contributed by atoms with E-state index in [9.17, 15) is 13.2 Å². The van der Waals surface area contributed by atoms with E-state index in [4.69, 9.17) is 0 Å². The first-order valence-electron chi connectivity index (χ1n) is 10.7. The van der Waals surface area contributed by atoms with Crippen molar-refractivity contribution in [2.45, 2.75) is 39.6 Å². The molecule has 1 aromatic rings. The highest BCUT2D eigenvalue weighted by atomic mass is 19.4. The number of piperazine rings is 1. The van der Waals surface area contributed by atoms with Crippen molar-refractivity contribution in [3.05, 3.63) is 29.8 Å². The second-order valence-electron chi connectivity index (χ2n) is 7.26. The molecule has 0 amide bonds. The maximum absolute atomic E-state index is 12.6. The fourth-order valence-electron chi connectivity index (χ4n) is 3.36. The Morgan fingerprint density at radius 1 is 1.03 bits per heavy atom. The summed E-state index contributed by atoms with van der Waals surface area (Å²) in [6.45, 7) is 12.5. The van der Waals surface area contributed by atoms with Gasteiger partial charge in [-0.3, -0.25) is 0 Å². The number of benzene rings is 1. The summed E-state index contributed by atoms with van der Waals surface area (Å²) in [4.78, 5) is 9.38.